The van der Waals surface area contributed by atoms with E-state index >= 15 is 0 Å². The van der Waals surface area contributed by atoms with Crippen LogP contribution in [0, 0.1) is 0 Å². The molecule has 1 aromatic rings. The van der Waals surface area contributed by atoms with E-state index in [9.17, 15) is 9.59 Å². The van der Waals surface area contributed by atoms with Crippen LogP contribution in [-0.2, 0) is 16.0 Å². The molecule has 1 saturated heterocycles. The topological polar surface area (TPSA) is 58.6 Å². The maximum absolute atomic E-state index is 12.2. The zero-order chi connectivity index (χ0) is 15.2. The fraction of sp³-hybridized carbons (Fsp3) is 0.467. The maximum Gasteiger partial charge on any atom is 0.222 e. The third kappa shape index (κ3) is 4.36. The first-order chi connectivity index (χ1) is 10.1. The van der Waals surface area contributed by atoms with Crippen LogP contribution in [0.2, 0.25) is 5.02 Å². The number of carbonyl (C=O) groups excluding carboxylic acids is 2. The van der Waals surface area contributed by atoms with E-state index in [1.807, 2.05) is 12.1 Å². The van der Waals surface area contributed by atoms with Gasteiger partial charge in [-0.15, -0.1) is 0 Å². The molecule has 0 aromatic heterocycles. The first-order valence-corrected chi connectivity index (χ1v) is 7.35. The van der Waals surface area contributed by atoms with Gasteiger partial charge in [-0.1, -0.05) is 17.7 Å². The van der Waals surface area contributed by atoms with Gasteiger partial charge in [0.2, 0.25) is 11.8 Å². The third-order valence-electron chi connectivity index (χ3n) is 3.51. The Kier molecular flexibility index (Phi) is 5.44. The average Bonchev–Trinajstić information content (AvgIpc) is 2.69. The highest BCUT2D eigenvalue weighted by atomic mass is 35.5. The summed E-state index contributed by atoms with van der Waals surface area (Å²) in [5.74, 6) is 0.703. The largest absolute Gasteiger partial charge is 0.495 e. The van der Waals surface area contributed by atoms with Crippen molar-refractivity contribution in [3.8, 4) is 5.75 Å². The Bertz CT molecular complexity index is 534. The summed E-state index contributed by atoms with van der Waals surface area (Å²) in [4.78, 5) is 25.2. The van der Waals surface area contributed by atoms with Crippen molar-refractivity contribution >= 4 is 23.4 Å². The summed E-state index contributed by atoms with van der Waals surface area (Å²) in [6.45, 7) is 1.60. The molecule has 0 radical (unpaired) electrons. The molecule has 114 valence electrons. The third-order valence-corrected chi connectivity index (χ3v) is 3.80. The van der Waals surface area contributed by atoms with Crippen LogP contribution in [0.15, 0.2) is 18.2 Å². The fourth-order valence-electron chi connectivity index (χ4n) is 2.29. The lowest BCUT2D eigenvalue weighted by atomic mass is 10.1. The van der Waals surface area contributed by atoms with Crippen LogP contribution >= 0.6 is 11.6 Å². The number of benzene rings is 1. The van der Waals surface area contributed by atoms with Crippen molar-refractivity contribution in [1.29, 1.82) is 0 Å². The Balaban J connectivity index is 1.88. The van der Waals surface area contributed by atoms with E-state index in [-0.39, 0.29) is 11.8 Å². The molecule has 0 spiro atoms. The van der Waals surface area contributed by atoms with Crippen molar-refractivity contribution in [3.05, 3.63) is 28.8 Å². The van der Waals surface area contributed by atoms with E-state index in [1.54, 1.807) is 18.1 Å². The molecule has 1 aliphatic rings. The molecule has 1 aliphatic heterocycles. The Morgan fingerprint density at radius 2 is 2.24 bits per heavy atom. The smallest absolute Gasteiger partial charge is 0.222 e. The predicted octanol–water partition coefficient (Wildman–Crippen LogP) is 1.63. The van der Waals surface area contributed by atoms with Crippen molar-refractivity contribution in [3.63, 3.8) is 0 Å². The number of aryl methyl sites for hydroxylation is 1. The molecule has 1 fully saturated rings. The molecule has 21 heavy (non-hydrogen) atoms. The van der Waals surface area contributed by atoms with Gasteiger partial charge in [0.25, 0.3) is 0 Å². The predicted molar refractivity (Wildman–Crippen MR) is 80.5 cm³/mol. The number of methoxy groups -OCH3 is 1. The highest BCUT2D eigenvalue weighted by Crippen LogP contribution is 2.25. The van der Waals surface area contributed by atoms with Gasteiger partial charge in [0.15, 0.2) is 0 Å². The molecule has 0 atom stereocenters. The van der Waals surface area contributed by atoms with Crippen molar-refractivity contribution in [1.82, 2.24) is 10.2 Å². The molecule has 1 heterocycles. The van der Waals surface area contributed by atoms with Crippen LogP contribution in [0.3, 0.4) is 0 Å². The Hall–Kier alpha value is -1.75. The molecule has 6 heteroatoms. The summed E-state index contributed by atoms with van der Waals surface area (Å²) < 4.78 is 5.10. The van der Waals surface area contributed by atoms with Gasteiger partial charge in [0.1, 0.15) is 5.75 Å². The van der Waals surface area contributed by atoms with Crippen molar-refractivity contribution in [2.45, 2.75) is 19.3 Å². The van der Waals surface area contributed by atoms with Gasteiger partial charge in [-0.25, -0.2) is 0 Å². The van der Waals surface area contributed by atoms with Crippen molar-refractivity contribution < 1.29 is 14.3 Å². The lowest BCUT2D eigenvalue weighted by molar-refractivity contribution is -0.131. The second-order valence-corrected chi connectivity index (χ2v) is 5.36. The van der Waals surface area contributed by atoms with Gasteiger partial charge in [-0.3, -0.25) is 9.59 Å². The van der Waals surface area contributed by atoms with Crippen LogP contribution in [0.1, 0.15) is 18.4 Å². The number of amides is 2. The molecule has 2 amide bonds. The summed E-state index contributed by atoms with van der Waals surface area (Å²) in [6, 6.07) is 5.53. The Morgan fingerprint density at radius 1 is 1.43 bits per heavy atom. The lowest BCUT2D eigenvalue weighted by Gasteiger charge is -2.19. The van der Waals surface area contributed by atoms with Crippen LogP contribution < -0.4 is 10.1 Å². The number of nitrogens with one attached hydrogen (secondary N) is 1. The van der Waals surface area contributed by atoms with Gasteiger partial charge in [0.05, 0.1) is 12.1 Å². The van der Waals surface area contributed by atoms with E-state index < -0.39 is 0 Å². The van der Waals surface area contributed by atoms with E-state index in [4.69, 9.17) is 16.3 Å². The van der Waals surface area contributed by atoms with Gasteiger partial charge in [0, 0.05) is 32.5 Å². The number of halogens is 1. The van der Waals surface area contributed by atoms with Crippen LogP contribution in [-0.4, -0.2) is 43.5 Å². The number of ether oxygens (including phenoxy) is 1. The van der Waals surface area contributed by atoms with E-state index in [2.05, 4.69) is 5.32 Å². The summed E-state index contributed by atoms with van der Waals surface area (Å²) in [5, 5.41) is 3.31. The SMILES string of the molecule is COc1ccc(CCC(=O)N2CCNC(=O)CC2)cc1Cl. The molecule has 1 N–H and O–H groups in total. The maximum atomic E-state index is 12.2. The molecule has 1 aromatic carbocycles. The second kappa shape index (κ2) is 7.31. The fourth-order valence-corrected chi connectivity index (χ4v) is 2.57. The summed E-state index contributed by atoms with van der Waals surface area (Å²) >= 11 is 6.07. The number of carbonyl (C=O) groups is 2. The standard InChI is InChI=1S/C15H19ClN2O3/c1-21-13-4-2-11(10-12(13)16)3-5-15(20)18-8-6-14(19)17-7-9-18/h2,4,10H,3,5-9H2,1H3,(H,17,19). The highest BCUT2D eigenvalue weighted by Gasteiger charge is 2.18. The number of hydrogen-bond donors (Lipinski definition) is 1. The molecule has 0 aliphatic carbocycles. The summed E-state index contributed by atoms with van der Waals surface area (Å²) in [5.41, 5.74) is 0.998. The van der Waals surface area contributed by atoms with E-state index in [0.29, 0.717) is 49.7 Å². The minimum atomic E-state index is 0.00670. The lowest BCUT2D eigenvalue weighted by Crippen LogP contribution is -2.34. The molecular formula is C15H19ClN2O3. The van der Waals surface area contributed by atoms with E-state index in [1.165, 1.54) is 0 Å². The molecule has 0 saturated carbocycles. The Labute approximate surface area is 129 Å². The first kappa shape index (κ1) is 15.6. The van der Waals surface area contributed by atoms with Crippen LogP contribution in [0.25, 0.3) is 0 Å². The van der Waals surface area contributed by atoms with E-state index in [0.717, 1.165) is 5.56 Å². The molecule has 5 nitrogen and oxygen atoms in total. The molecule has 0 bridgehead atoms. The molecule has 0 unspecified atom stereocenters. The van der Waals surface area contributed by atoms with Gasteiger partial charge < -0.3 is 15.0 Å². The summed E-state index contributed by atoms with van der Waals surface area (Å²) in [6.07, 6.45) is 1.41. The van der Waals surface area contributed by atoms with Crippen molar-refractivity contribution in [2.24, 2.45) is 0 Å². The van der Waals surface area contributed by atoms with Gasteiger partial charge in [-0.05, 0) is 24.1 Å². The number of hydrogen-bond acceptors (Lipinski definition) is 3. The summed E-state index contributed by atoms with van der Waals surface area (Å²) in [7, 11) is 1.57. The quantitative estimate of drug-likeness (QED) is 0.919. The van der Waals surface area contributed by atoms with Crippen LogP contribution in [0.5, 0.6) is 5.75 Å². The van der Waals surface area contributed by atoms with Gasteiger partial charge in [-0.2, -0.15) is 0 Å². The first-order valence-electron chi connectivity index (χ1n) is 6.97. The Morgan fingerprint density at radius 3 is 2.95 bits per heavy atom. The zero-order valence-electron chi connectivity index (χ0n) is 12.0. The van der Waals surface area contributed by atoms with Crippen LogP contribution in [0.4, 0.5) is 0 Å². The monoisotopic (exact) mass is 310 g/mol. The highest BCUT2D eigenvalue weighted by molar-refractivity contribution is 6.32. The van der Waals surface area contributed by atoms with Gasteiger partial charge >= 0.3 is 0 Å². The minimum Gasteiger partial charge on any atom is -0.495 e. The molecule has 2 rings (SSSR count). The molecular weight excluding hydrogens is 292 g/mol. The zero-order valence-corrected chi connectivity index (χ0v) is 12.8. The van der Waals surface area contributed by atoms with Crippen molar-refractivity contribution in [2.75, 3.05) is 26.7 Å². The minimum absolute atomic E-state index is 0.00670. The number of nitrogens with zero attached hydrogens (tertiary/aromatic N) is 1. The average molecular weight is 311 g/mol. The second-order valence-electron chi connectivity index (χ2n) is 4.95. The normalized spacial score (nSPS) is 15.3. The number of rotatable bonds is 4.